The second-order valence-electron chi connectivity index (χ2n) is 2.60. The van der Waals surface area contributed by atoms with Crippen molar-refractivity contribution in [3.63, 3.8) is 0 Å². The maximum absolute atomic E-state index is 11.2. The van der Waals surface area contributed by atoms with Crippen LogP contribution in [0.5, 0.6) is 5.75 Å². The molecule has 0 saturated carbocycles. The van der Waals surface area contributed by atoms with Crippen molar-refractivity contribution in [2.45, 2.75) is 11.8 Å². The van der Waals surface area contributed by atoms with Crippen LogP contribution in [0.15, 0.2) is 29.2 Å². The first kappa shape index (κ1) is 10.9. The van der Waals surface area contributed by atoms with Crippen molar-refractivity contribution in [3.05, 3.63) is 24.3 Å². The summed E-state index contributed by atoms with van der Waals surface area (Å²) >= 11 is 1.17. The van der Waals surface area contributed by atoms with Crippen molar-refractivity contribution in [2.24, 2.45) is 0 Å². The van der Waals surface area contributed by atoms with Crippen molar-refractivity contribution in [3.8, 4) is 5.75 Å². The average Bonchev–Trinajstić information content (AvgIpc) is 2.18. The monoisotopic (exact) mass is 211 g/mol. The Morgan fingerprint density at radius 1 is 1.57 bits per heavy atom. The molecule has 0 aliphatic heterocycles. The Morgan fingerprint density at radius 3 is 3.00 bits per heavy atom. The van der Waals surface area contributed by atoms with Gasteiger partial charge in [-0.15, -0.1) is 0 Å². The van der Waals surface area contributed by atoms with Gasteiger partial charge in [0.25, 0.3) is 5.24 Å². The van der Waals surface area contributed by atoms with Gasteiger partial charge in [0, 0.05) is 11.4 Å². The van der Waals surface area contributed by atoms with Crippen LogP contribution in [0.25, 0.3) is 0 Å². The summed E-state index contributed by atoms with van der Waals surface area (Å²) in [4.78, 5) is 12.1. The number of hydrogen-bond acceptors (Lipinski definition) is 3. The Labute approximate surface area is 87.8 Å². The van der Waals surface area contributed by atoms with Crippen LogP contribution in [-0.4, -0.2) is 18.9 Å². The van der Waals surface area contributed by atoms with E-state index in [2.05, 4.69) is 5.32 Å². The summed E-state index contributed by atoms with van der Waals surface area (Å²) < 4.78 is 5.05. The van der Waals surface area contributed by atoms with Gasteiger partial charge in [0.1, 0.15) is 5.75 Å². The fraction of sp³-hybridized carbons (Fsp3) is 0.300. The molecule has 0 aromatic heterocycles. The maximum atomic E-state index is 11.2. The summed E-state index contributed by atoms with van der Waals surface area (Å²) in [5.41, 5.74) is 0. The molecule has 0 fully saturated rings. The largest absolute Gasteiger partial charge is 0.497 e. The van der Waals surface area contributed by atoms with Gasteiger partial charge >= 0.3 is 0 Å². The average molecular weight is 211 g/mol. The van der Waals surface area contributed by atoms with Crippen LogP contribution in [0.2, 0.25) is 0 Å². The first-order valence-electron chi connectivity index (χ1n) is 4.36. The molecule has 1 amide bonds. The summed E-state index contributed by atoms with van der Waals surface area (Å²) in [6.07, 6.45) is 0. The molecule has 76 valence electrons. The van der Waals surface area contributed by atoms with E-state index in [1.165, 1.54) is 11.8 Å². The number of nitrogens with one attached hydrogen (secondary N) is 1. The molecule has 0 unspecified atom stereocenters. The molecule has 0 aliphatic carbocycles. The molecule has 4 heteroatoms. The van der Waals surface area contributed by atoms with Crippen LogP contribution in [0.1, 0.15) is 6.92 Å². The zero-order chi connectivity index (χ0) is 10.4. The van der Waals surface area contributed by atoms with Gasteiger partial charge in [-0.25, -0.2) is 0 Å². The number of rotatable bonds is 3. The van der Waals surface area contributed by atoms with Crippen LogP contribution in [0.4, 0.5) is 4.79 Å². The van der Waals surface area contributed by atoms with Gasteiger partial charge in [-0.1, -0.05) is 6.07 Å². The van der Waals surface area contributed by atoms with Crippen LogP contribution >= 0.6 is 11.8 Å². The lowest BCUT2D eigenvalue weighted by Crippen LogP contribution is -2.17. The number of hydrogen-bond donors (Lipinski definition) is 1. The maximum Gasteiger partial charge on any atom is 0.283 e. The molecular formula is C10H13NO2S. The van der Waals surface area contributed by atoms with Crippen molar-refractivity contribution in [1.82, 2.24) is 5.32 Å². The molecule has 1 N–H and O–H groups in total. The molecule has 0 spiro atoms. The topological polar surface area (TPSA) is 38.3 Å². The first-order chi connectivity index (χ1) is 6.76. The van der Waals surface area contributed by atoms with Crippen LogP contribution in [0, 0.1) is 0 Å². The number of benzene rings is 1. The van der Waals surface area contributed by atoms with E-state index in [0.29, 0.717) is 6.54 Å². The van der Waals surface area contributed by atoms with Gasteiger partial charge in [-0.05, 0) is 36.9 Å². The van der Waals surface area contributed by atoms with E-state index in [9.17, 15) is 4.79 Å². The van der Waals surface area contributed by atoms with Gasteiger partial charge in [-0.2, -0.15) is 0 Å². The highest BCUT2D eigenvalue weighted by atomic mass is 32.2. The SMILES string of the molecule is CCNC(=O)Sc1cccc(OC)c1. The zero-order valence-corrected chi connectivity index (χ0v) is 9.06. The van der Waals surface area contributed by atoms with Crippen molar-refractivity contribution < 1.29 is 9.53 Å². The molecule has 0 aliphatic rings. The fourth-order valence-electron chi connectivity index (χ4n) is 0.952. The van der Waals surface area contributed by atoms with Crippen LogP contribution in [0.3, 0.4) is 0 Å². The molecule has 0 heterocycles. The van der Waals surface area contributed by atoms with Crippen molar-refractivity contribution >= 4 is 17.0 Å². The third kappa shape index (κ3) is 3.30. The first-order valence-corrected chi connectivity index (χ1v) is 5.17. The van der Waals surface area contributed by atoms with Gasteiger partial charge in [-0.3, -0.25) is 4.79 Å². The second kappa shape index (κ2) is 5.54. The Kier molecular flexibility index (Phi) is 4.32. The fourth-order valence-corrected chi connectivity index (χ4v) is 1.70. The van der Waals surface area contributed by atoms with Gasteiger partial charge in [0.15, 0.2) is 0 Å². The predicted molar refractivity (Wildman–Crippen MR) is 57.9 cm³/mol. The molecule has 0 bridgehead atoms. The Balaban J connectivity index is 2.62. The molecule has 3 nitrogen and oxygen atoms in total. The Morgan fingerprint density at radius 2 is 2.36 bits per heavy atom. The predicted octanol–water partition coefficient (Wildman–Crippen LogP) is 2.52. The number of carbonyl (C=O) groups is 1. The molecule has 1 aromatic rings. The number of ether oxygens (including phenoxy) is 1. The Bertz CT molecular complexity index is 315. The van der Waals surface area contributed by atoms with E-state index in [4.69, 9.17) is 4.74 Å². The van der Waals surface area contributed by atoms with E-state index in [1.807, 2.05) is 31.2 Å². The lowest BCUT2D eigenvalue weighted by atomic mass is 10.3. The van der Waals surface area contributed by atoms with E-state index >= 15 is 0 Å². The number of thioether (sulfide) groups is 1. The molecule has 0 saturated heterocycles. The van der Waals surface area contributed by atoms with Gasteiger partial charge in [0.2, 0.25) is 0 Å². The second-order valence-corrected chi connectivity index (χ2v) is 3.65. The number of carbonyl (C=O) groups excluding carboxylic acids is 1. The third-order valence-electron chi connectivity index (χ3n) is 1.57. The van der Waals surface area contributed by atoms with Crippen molar-refractivity contribution in [2.75, 3.05) is 13.7 Å². The number of methoxy groups -OCH3 is 1. The van der Waals surface area contributed by atoms with Gasteiger partial charge in [0.05, 0.1) is 7.11 Å². The normalized spacial score (nSPS) is 9.57. The minimum atomic E-state index is -0.0410. The number of amides is 1. The lowest BCUT2D eigenvalue weighted by molar-refractivity contribution is 0.261. The smallest absolute Gasteiger partial charge is 0.283 e. The highest BCUT2D eigenvalue weighted by molar-refractivity contribution is 8.13. The van der Waals surface area contributed by atoms with Crippen LogP contribution in [-0.2, 0) is 0 Å². The molecule has 0 radical (unpaired) electrons. The molecule has 1 rings (SSSR count). The van der Waals surface area contributed by atoms with Crippen LogP contribution < -0.4 is 10.1 Å². The Hall–Kier alpha value is -1.16. The minimum Gasteiger partial charge on any atom is -0.497 e. The van der Waals surface area contributed by atoms with E-state index in [-0.39, 0.29) is 5.24 Å². The van der Waals surface area contributed by atoms with E-state index < -0.39 is 0 Å². The van der Waals surface area contributed by atoms with E-state index in [0.717, 1.165) is 10.6 Å². The summed E-state index contributed by atoms with van der Waals surface area (Å²) in [6, 6.07) is 7.42. The molecule has 0 atom stereocenters. The summed E-state index contributed by atoms with van der Waals surface area (Å²) in [5.74, 6) is 0.763. The highest BCUT2D eigenvalue weighted by Crippen LogP contribution is 2.22. The van der Waals surface area contributed by atoms with E-state index in [1.54, 1.807) is 7.11 Å². The quantitative estimate of drug-likeness (QED) is 0.781. The van der Waals surface area contributed by atoms with Crippen molar-refractivity contribution in [1.29, 1.82) is 0 Å². The molecule has 1 aromatic carbocycles. The lowest BCUT2D eigenvalue weighted by Gasteiger charge is -2.03. The molecular weight excluding hydrogens is 198 g/mol. The zero-order valence-electron chi connectivity index (χ0n) is 8.24. The standard InChI is InChI=1S/C10H13NO2S/c1-3-11-10(12)14-9-6-4-5-8(7-9)13-2/h4-7H,3H2,1-2H3,(H,11,12). The summed E-state index contributed by atoms with van der Waals surface area (Å²) in [6.45, 7) is 2.54. The minimum absolute atomic E-state index is 0.0410. The summed E-state index contributed by atoms with van der Waals surface area (Å²) in [7, 11) is 1.61. The third-order valence-corrected chi connectivity index (χ3v) is 2.39. The van der Waals surface area contributed by atoms with Gasteiger partial charge < -0.3 is 10.1 Å². The summed E-state index contributed by atoms with van der Waals surface area (Å²) in [5, 5.41) is 2.67. The molecule has 14 heavy (non-hydrogen) atoms. The highest BCUT2D eigenvalue weighted by Gasteiger charge is 2.03.